The number of aliphatic hydroxyl groups excluding tert-OH is 2. The normalized spacial score (nSPS) is 12.5. The van der Waals surface area contributed by atoms with Crippen molar-refractivity contribution in [2.45, 2.75) is 328 Å². The Morgan fingerprint density at radius 3 is 1.00 bits per heavy atom. The monoisotopic (exact) mass is 864 g/mol. The highest BCUT2D eigenvalue weighted by Gasteiger charge is 2.20. The lowest BCUT2D eigenvalue weighted by atomic mass is 10.0. The fourth-order valence-corrected chi connectivity index (χ4v) is 8.88. The third-order valence-electron chi connectivity index (χ3n) is 13.2. The zero-order chi connectivity index (χ0) is 44.4. The van der Waals surface area contributed by atoms with Gasteiger partial charge in [0, 0.05) is 12.8 Å². The minimum Gasteiger partial charge on any atom is -0.466 e. The van der Waals surface area contributed by atoms with Crippen LogP contribution in [0.25, 0.3) is 0 Å². The molecular weight excluding hydrogens is 755 g/mol. The molecule has 0 rings (SSSR count). The van der Waals surface area contributed by atoms with Crippen molar-refractivity contribution >= 4 is 11.9 Å². The summed E-state index contributed by atoms with van der Waals surface area (Å²) in [5.41, 5.74) is 0. The van der Waals surface area contributed by atoms with Crippen LogP contribution < -0.4 is 5.32 Å². The van der Waals surface area contributed by atoms with E-state index < -0.39 is 12.1 Å². The number of rotatable bonds is 52. The van der Waals surface area contributed by atoms with E-state index in [0.717, 1.165) is 57.8 Å². The molecule has 6 nitrogen and oxygen atoms in total. The molecule has 2 unspecified atom stereocenters. The summed E-state index contributed by atoms with van der Waals surface area (Å²) < 4.78 is 5.48. The first-order chi connectivity index (χ1) is 30.0. The van der Waals surface area contributed by atoms with E-state index in [2.05, 4.69) is 19.2 Å². The Bertz CT molecular complexity index is 867. The van der Waals surface area contributed by atoms with Crippen LogP contribution in [0.2, 0.25) is 0 Å². The van der Waals surface area contributed by atoms with E-state index in [0.29, 0.717) is 25.9 Å². The minimum absolute atomic E-state index is 0.0131. The Kier molecular flexibility index (Phi) is 50.5. The highest BCUT2D eigenvalue weighted by atomic mass is 16.5. The van der Waals surface area contributed by atoms with Gasteiger partial charge < -0.3 is 20.3 Å². The van der Waals surface area contributed by atoms with Crippen molar-refractivity contribution in [2.24, 2.45) is 0 Å². The average Bonchev–Trinajstić information content (AvgIpc) is 3.26. The number of hydrogen-bond donors (Lipinski definition) is 3. The predicted molar refractivity (Wildman–Crippen MR) is 264 cm³/mol. The summed E-state index contributed by atoms with van der Waals surface area (Å²) in [6.45, 7) is 4.93. The zero-order valence-corrected chi connectivity index (χ0v) is 41.4. The van der Waals surface area contributed by atoms with Crippen LogP contribution in [0.5, 0.6) is 0 Å². The molecule has 364 valence electrons. The largest absolute Gasteiger partial charge is 0.466 e. The Labute approximate surface area is 381 Å². The lowest BCUT2D eigenvalue weighted by Gasteiger charge is -2.22. The van der Waals surface area contributed by atoms with Gasteiger partial charge in [-0.25, -0.2) is 0 Å². The number of amides is 1. The highest BCUT2D eigenvalue weighted by Crippen LogP contribution is 2.18. The van der Waals surface area contributed by atoms with Gasteiger partial charge in [0.1, 0.15) is 0 Å². The van der Waals surface area contributed by atoms with E-state index in [1.807, 2.05) is 0 Å². The third kappa shape index (κ3) is 48.2. The number of carbonyl (C=O) groups excluding carboxylic acids is 2. The van der Waals surface area contributed by atoms with Crippen molar-refractivity contribution in [3.63, 3.8) is 0 Å². The van der Waals surface area contributed by atoms with E-state index in [1.165, 1.54) is 225 Å². The van der Waals surface area contributed by atoms with Gasteiger partial charge in [-0.05, 0) is 25.7 Å². The summed E-state index contributed by atoms with van der Waals surface area (Å²) in [7, 11) is 0. The van der Waals surface area contributed by atoms with Gasteiger partial charge in [-0.3, -0.25) is 9.59 Å². The van der Waals surface area contributed by atoms with E-state index in [9.17, 15) is 19.8 Å². The predicted octanol–water partition coefficient (Wildman–Crippen LogP) is 16.7. The number of unbranched alkanes of at least 4 members (excludes halogenated alkanes) is 41. The summed E-state index contributed by atoms with van der Waals surface area (Å²) in [4.78, 5) is 24.5. The maximum Gasteiger partial charge on any atom is 0.305 e. The molecule has 6 heteroatoms. The molecule has 0 aromatic rings. The van der Waals surface area contributed by atoms with E-state index in [-0.39, 0.29) is 18.5 Å². The highest BCUT2D eigenvalue weighted by molar-refractivity contribution is 5.76. The van der Waals surface area contributed by atoms with Crippen molar-refractivity contribution in [3.05, 3.63) is 0 Å². The molecule has 61 heavy (non-hydrogen) atoms. The summed E-state index contributed by atoms with van der Waals surface area (Å²) in [6, 6.07) is -0.556. The molecule has 0 spiro atoms. The number of esters is 1. The van der Waals surface area contributed by atoms with Gasteiger partial charge in [0.15, 0.2) is 0 Å². The number of nitrogens with one attached hydrogen (secondary N) is 1. The van der Waals surface area contributed by atoms with Gasteiger partial charge >= 0.3 is 5.97 Å². The van der Waals surface area contributed by atoms with Gasteiger partial charge in [-0.2, -0.15) is 0 Å². The Balaban J connectivity index is 3.43. The number of ether oxygens (including phenoxy) is 1. The molecule has 0 aliphatic carbocycles. The second kappa shape index (κ2) is 51.5. The zero-order valence-electron chi connectivity index (χ0n) is 41.4. The van der Waals surface area contributed by atoms with E-state index in [4.69, 9.17) is 4.74 Å². The summed E-state index contributed by atoms with van der Waals surface area (Å²) >= 11 is 0. The number of hydrogen-bond acceptors (Lipinski definition) is 5. The molecule has 0 saturated heterocycles. The molecule has 0 bridgehead atoms. The average molecular weight is 864 g/mol. The molecule has 3 N–H and O–H groups in total. The van der Waals surface area contributed by atoms with Crippen LogP contribution in [0, 0.1) is 0 Å². The summed E-state index contributed by atoms with van der Waals surface area (Å²) in [5, 5.41) is 23.2. The van der Waals surface area contributed by atoms with Crippen molar-refractivity contribution in [1.29, 1.82) is 0 Å². The van der Waals surface area contributed by atoms with E-state index >= 15 is 0 Å². The fraction of sp³-hybridized carbons (Fsp3) is 0.964. The third-order valence-corrected chi connectivity index (χ3v) is 13.2. The Morgan fingerprint density at radius 2 is 0.672 bits per heavy atom. The van der Waals surface area contributed by atoms with Crippen LogP contribution in [0.3, 0.4) is 0 Å². The smallest absolute Gasteiger partial charge is 0.305 e. The number of carbonyl (C=O) groups is 2. The van der Waals surface area contributed by atoms with Crippen molar-refractivity contribution in [2.75, 3.05) is 13.2 Å². The first-order valence-corrected chi connectivity index (χ1v) is 27.8. The van der Waals surface area contributed by atoms with Gasteiger partial charge in [0.2, 0.25) is 5.91 Å². The van der Waals surface area contributed by atoms with Crippen molar-refractivity contribution in [3.8, 4) is 0 Å². The SMILES string of the molecule is CCCCCCCCCCCCCCCCCCCCCC(=O)OCCCCCCCCCCCCC(=O)NC(CO)C(O)CCCCCCCCCCCCCCCCC. The lowest BCUT2D eigenvalue weighted by molar-refractivity contribution is -0.143. The molecule has 2 atom stereocenters. The van der Waals surface area contributed by atoms with Crippen LogP contribution in [0.4, 0.5) is 0 Å². The molecule has 0 heterocycles. The van der Waals surface area contributed by atoms with Crippen LogP contribution in [0.15, 0.2) is 0 Å². The standard InChI is InChI=1S/C55H109NO5/c1-3-5-7-9-11-13-15-17-19-20-21-22-24-26-28-33-37-41-45-49-55(60)61-50-46-42-38-34-30-29-32-36-40-44-48-54(59)56-52(51-57)53(58)47-43-39-35-31-27-25-23-18-16-14-12-10-8-6-4-2/h52-53,57-58H,3-51H2,1-2H3,(H,56,59). The first-order valence-electron chi connectivity index (χ1n) is 27.8. The minimum atomic E-state index is -0.677. The summed E-state index contributed by atoms with van der Waals surface area (Å²) in [6.07, 6.45) is 57.9. The second-order valence-electron chi connectivity index (χ2n) is 19.3. The number of aliphatic hydroxyl groups is 2. The van der Waals surface area contributed by atoms with Crippen LogP contribution in [-0.2, 0) is 14.3 Å². The molecule has 0 saturated carbocycles. The van der Waals surface area contributed by atoms with Gasteiger partial charge in [0.05, 0.1) is 25.4 Å². The molecule has 0 aromatic heterocycles. The quantitative estimate of drug-likeness (QED) is 0.0418. The molecule has 0 aliphatic heterocycles. The maximum atomic E-state index is 12.5. The first kappa shape index (κ1) is 59.9. The van der Waals surface area contributed by atoms with Gasteiger partial charge in [0.25, 0.3) is 0 Å². The molecule has 0 radical (unpaired) electrons. The second-order valence-corrected chi connectivity index (χ2v) is 19.3. The summed E-state index contributed by atoms with van der Waals surface area (Å²) in [5.74, 6) is -0.0677. The van der Waals surface area contributed by atoms with Crippen molar-refractivity contribution in [1.82, 2.24) is 5.32 Å². The fourth-order valence-electron chi connectivity index (χ4n) is 8.88. The van der Waals surface area contributed by atoms with Gasteiger partial charge in [-0.1, -0.05) is 277 Å². The Morgan fingerprint density at radius 1 is 0.393 bits per heavy atom. The lowest BCUT2D eigenvalue weighted by Crippen LogP contribution is -2.45. The Hall–Kier alpha value is -1.14. The maximum absolute atomic E-state index is 12.5. The molecule has 1 amide bonds. The van der Waals surface area contributed by atoms with Crippen molar-refractivity contribution < 1.29 is 24.5 Å². The topological polar surface area (TPSA) is 95.9 Å². The molecular formula is C55H109NO5. The molecule has 0 aliphatic rings. The van der Waals surface area contributed by atoms with Crippen LogP contribution >= 0.6 is 0 Å². The van der Waals surface area contributed by atoms with E-state index in [1.54, 1.807) is 0 Å². The molecule has 0 fully saturated rings. The van der Waals surface area contributed by atoms with Crippen LogP contribution in [0.1, 0.15) is 316 Å². The van der Waals surface area contributed by atoms with Crippen LogP contribution in [-0.4, -0.2) is 47.4 Å². The van der Waals surface area contributed by atoms with Gasteiger partial charge in [-0.15, -0.1) is 0 Å². The molecule has 0 aromatic carbocycles.